The fraction of sp³-hybridized carbons (Fsp3) is 0. The first kappa shape index (κ1) is 48.8. The summed E-state index contributed by atoms with van der Waals surface area (Å²) in [5.41, 5.74) is 18.7. The average Bonchev–Trinajstić information content (AvgIpc) is 1.50. The van der Waals surface area contributed by atoms with Gasteiger partial charge in [0.15, 0.2) is 0 Å². The molecule has 0 saturated carbocycles. The van der Waals surface area contributed by atoms with Crippen LogP contribution in [-0.2, 0) is 0 Å². The fourth-order valence-electron chi connectivity index (χ4n) is 15.5. The summed E-state index contributed by atoms with van der Waals surface area (Å²) in [5, 5.41) is 22.3. The van der Waals surface area contributed by atoms with Crippen molar-refractivity contribution < 1.29 is 0 Å². The quantitative estimate of drug-likeness (QED) is 0.106. The molecular formula is C86H52N2. The average molecular weight is 1110 g/mol. The van der Waals surface area contributed by atoms with E-state index in [4.69, 9.17) is 0 Å². The molecule has 0 amide bonds. The molecule has 0 N–H and O–H groups in total. The lowest BCUT2D eigenvalue weighted by molar-refractivity contribution is 1.15. The molecule has 88 heavy (non-hydrogen) atoms. The molecule has 0 radical (unpaired) electrons. The van der Waals surface area contributed by atoms with E-state index in [2.05, 4.69) is 325 Å². The van der Waals surface area contributed by atoms with Gasteiger partial charge in [-0.15, -0.1) is 0 Å². The van der Waals surface area contributed by atoms with E-state index in [1.165, 1.54) is 141 Å². The first-order chi connectivity index (χ1) is 43.7. The summed E-state index contributed by atoms with van der Waals surface area (Å²) in [4.78, 5) is 0. The minimum atomic E-state index is 1.15. The van der Waals surface area contributed by atoms with Crippen LogP contribution in [0.5, 0.6) is 0 Å². The van der Waals surface area contributed by atoms with Crippen molar-refractivity contribution in [3.63, 3.8) is 0 Å². The lowest BCUT2D eigenvalue weighted by Gasteiger charge is -2.21. The summed E-state index contributed by atoms with van der Waals surface area (Å²) in [6, 6.07) is 118. The van der Waals surface area contributed by atoms with Crippen molar-refractivity contribution in [2.45, 2.75) is 0 Å². The molecular weight excluding hydrogens is 1060 g/mol. The van der Waals surface area contributed by atoms with Crippen LogP contribution in [0.25, 0.3) is 186 Å². The van der Waals surface area contributed by atoms with Crippen LogP contribution in [0.2, 0.25) is 0 Å². The van der Waals surface area contributed by atoms with Gasteiger partial charge >= 0.3 is 0 Å². The van der Waals surface area contributed by atoms with Gasteiger partial charge in [-0.3, -0.25) is 0 Å². The Morgan fingerprint density at radius 3 is 0.784 bits per heavy atom. The highest BCUT2D eigenvalue weighted by atomic mass is 15.0. The molecule has 19 aromatic rings. The van der Waals surface area contributed by atoms with Crippen LogP contribution in [0.4, 0.5) is 0 Å². The Balaban J connectivity index is 1.04. The van der Waals surface area contributed by atoms with E-state index in [0.717, 1.165) is 44.9 Å². The van der Waals surface area contributed by atoms with Crippen LogP contribution >= 0.6 is 0 Å². The number of aromatic nitrogens is 2. The summed E-state index contributed by atoms with van der Waals surface area (Å²) in [7, 11) is 0. The van der Waals surface area contributed by atoms with Crippen molar-refractivity contribution in [3.05, 3.63) is 315 Å². The van der Waals surface area contributed by atoms with E-state index >= 15 is 0 Å². The molecule has 0 saturated heterocycles. The molecule has 0 fully saturated rings. The van der Waals surface area contributed by atoms with Crippen molar-refractivity contribution in [2.24, 2.45) is 0 Å². The maximum atomic E-state index is 2.61. The van der Waals surface area contributed by atoms with Gasteiger partial charge in [0.05, 0.1) is 33.8 Å². The lowest BCUT2D eigenvalue weighted by atomic mass is 9.84. The Kier molecular flexibility index (Phi) is 10.5. The van der Waals surface area contributed by atoms with Crippen molar-refractivity contribution in [3.8, 4) is 78.4 Å². The Morgan fingerprint density at radius 2 is 0.443 bits per heavy atom. The zero-order chi connectivity index (χ0) is 57.6. The second-order valence-electron chi connectivity index (χ2n) is 23.8. The number of fused-ring (bicyclic) bond motifs is 4. The number of hydrogen-bond acceptors (Lipinski definition) is 0. The molecule has 406 valence electrons. The topological polar surface area (TPSA) is 9.86 Å². The highest BCUT2D eigenvalue weighted by Gasteiger charge is 2.30. The highest BCUT2D eigenvalue weighted by molar-refractivity contribution is 6.30. The van der Waals surface area contributed by atoms with Crippen LogP contribution in [-0.4, -0.2) is 9.13 Å². The molecule has 0 spiro atoms. The molecule has 0 aliphatic heterocycles. The predicted molar refractivity (Wildman–Crippen MR) is 375 cm³/mol. The van der Waals surface area contributed by atoms with E-state index in [9.17, 15) is 0 Å². The minimum absolute atomic E-state index is 1.15. The zero-order valence-corrected chi connectivity index (χ0v) is 47.9. The van der Waals surface area contributed by atoms with Gasteiger partial charge in [-0.1, -0.05) is 279 Å². The van der Waals surface area contributed by atoms with Crippen LogP contribution in [0.3, 0.4) is 0 Å². The fourth-order valence-corrected chi connectivity index (χ4v) is 15.5. The van der Waals surface area contributed by atoms with Gasteiger partial charge in [0.1, 0.15) is 0 Å². The van der Waals surface area contributed by atoms with Gasteiger partial charge in [-0.05, 0) is 156 Å². The van der Waals surface area contributed by atoms with E-state index in [1.807, 2.05) is 0 Å². The molecule has 0 bridgehead atoms. The normalized spacial score (nSPS) is 12.1. The van der Waals surface area contributed by atoms with Gasteiger partial charge in [0, 0.05) is 32.7 Å². The van der Waals surface area contributed by atoms with Gasteiger partial charge in [-0.25, -0.2) is 0 Å². The SMILES string of the molecule is c1ccc(-c2c3cc4c(-c5ccccc5)c(-c5ccccc5)n(-c5ccc6ccc7cccc8ccc5c6c78)c4cc3c(-c3ccccc3)c3cc4c(-c5ccccc5)c(-c5ccccc5)n(-c5ccc6ccc7cccc8ccc5c6c78)c4cc23)cc1. The molecule has 2 nitrogen and oxygen atoms in total. The zero-order valence-electron chi connectivity index (χ0n) is 47.9. The highest BCUT2D eigenvalue weighted by Crippen LogP contribution is 2.54. The maximum Gasteiger partial charge on any atom is 0.0619 e. The van der Waals surface area contributed by atoms with E-state index in [0.29, 0.717) is 0 Å². The molecule has 0 unspecified atom stereocenters. The van der Waals surface area contributed by atoms with Crippen molar-refractivity contribution >= 4 is 108 Å². The smallest absolute Gasteiger partial charge is 0.0619 e. The Morgan fingerprint density at radius 1 is 0.170 bits per heavy atom. The van der Waals surface area contributed by atoms with Gasteiger partial charge in [0.2, 0.25) is 0 Å². The molecule has 0 aliphatic rings. The van der Waals surface area contributed by atoms with Crippen molar-refractivity contribution in [2.75, 3.05) is 0 Å². The summed E-state index contributed by atoms with van der Waals surface area (Å²) in [6.07, 6.45) is 0. The Hall–Kier alpha value is -11.6. The number of rotatable bonds is 8. The van der Waals surface area contributed by atoms with E-state index in [-0.39, 0.29) is 0 Å². The third-order valence-corrected chi connectivity index (χ3v) is 19.1. The maximum absolute atomic E-state index is 2.61. The molecule has 17 aromatic carbocycles. The Bertz CT molecular complexity index is 5580. The van der Waals surface area contributed by atoms with Crippen LogP contribution in [0.15, 0.2) is 315 Å². The first-order valence-corrected chi connectivity index (χ1v) is 30.6. The van der Waals surface area contributed by atoms with Crippen molar-refractivity contribution in [1.82, 2.24) is 9.13 Å². The predicted octanol–water partition coefficient (Wildman–Crippen LogP) is 23.7. The lowest BCUT2D eigenvalue weighted by Crippen LogP contribution is -2.00. The van der Waals surface area contributed by atoms with Crippen molar-refractivity contribution in [1.29, 1.82) is 0 Å². The molecule has 2 heterocycles. The molecule has 2 heteroatoms. The molecule has 2 aromatic heterocycles. The second kappa shape index (κ2) is 19.0. The summed E-state index contributed by atoms with van der Waals surface area (Å²) >= 11 is 0. The summed E-state index contributed by atoms with van der Waals surface area (Å²) < 4.78 is 5.22. The molecule has 0 aliphatic carbocycles. The van der Waals surface area contributed by atoms with Gasteiger partial charge < -0.3 is 9.13 Å². The minimum Gasteiger partial charge on any atom is -0.308 e. The van der Waals surface area contributed by atoms with Gasteiger partial charge in [0.25, 0.3) is 0 Å². The number of benzene rings is 17. The van der Waals surface area contributed by atoms with E-state index in [1.54, 1.807) is 0 Å². The first-order valence-electron chi connectivity index (χ1n) is 30.6. The second-order valence-corrected chi connectivity index (χ2v) is 23.8. The van der Waals surface area contributed by atoms with Crippen LogP contribution < -0.4 is 0 Å². The van der Waals surface area contributed by atoms with Crippen LogP contribution in [0.1, 0.15) is 0 Å². The standard InChI is InChI=1S/C86H52N2/c1-7-21-53(22-8-1)79-67-49-71-76(88(85(63-29-15-5-16-30-63)83(71)55-25-11-3-12-26-55)74-48-44-62-40-38-58-34-20-36-60-42-46-66(74)82(62)78(58)60)52-70(67)80(54-23-9-2-10-24-54)68-50-72-75(51-69(68)79)87(86(64-31-17-6-18-32-64)84(72)56-27-13-4-14-28-56)73-47-43-61-39-37-57-33-19-35-59-41-45-65(73)81(61)77(57)59/h1-52H. The number of hydrogen-bond donors (Lipinski definition) is 0. The Labute approximate surface area is 508 Å². The number of nitrogens with zero attached hydrogens (tertiary/aromatic N) is 2. The van der Waals surface area contributed by atoms with E-state index < -0.39 is 0 Å². The third-order valence-electron chi connectivity index (χ3n) is 19.1. The monoisotopic (exact) mass is 1110 g/mol. The molecule has 0 atom stereocenters. The largest absolute Gasteiger partial charge is 0.308 e. The molecule has 19 rings (SSSR count). The van der Waals surface area contributed by atoms with Gasteiger partial charge in [-0.2, -0.15) is 0 Å². The summed E-state index contributed by atoms with van der Waals surface area (Å²) in [5.74, 6) is 0. The summed E-state index contributed by atoms with van der Waals surface area (Å²) in [6.45, 7) is 0. The van der Waals surface area contributed by atoms with Crippen LogP contribution in [0, 0.1) is 0 Å². The third kappa shape index (κ3) is 7.06.